The highest BCUT2D eigenvalue weighted by atomic mass is 14.7. The van der Waals surface area contributed by atoms with E-state index in [1.165, 1.54) is 32.6 Å². The maximum absolute atomic E-state index is 4.08. The van der Waals surface area contributed by atoms with Crippen molar-refractivity contribution >= 4 is 43.6 Å². The zero-order valence-electron chi connectivity index (χ0n) is 14.0. The molecule has 0 aliphatic carbocycles. The highest BCUT2D eigenvalue weighted by Gasteiger charge is 2.01. The van der Waals surface area contributed by atoms with Gasteiger partial charge in [0.15, 0.2) is 0 Å². The molecule has 0 aliphatic rings. The maximum atomic E-state index is 4.08. The number of nitrogens with zero attached hydrogens (tertiary/aromatic N) is 2. The summed E-state index contributed by atoms with van der Waals surface area (Å²) in [5.41, 5.74) is 4.54. The third kappa shape index (κ3) is 2.40. The van der Waals surface area contributed by atoms with E-state index < -0.39 is 0 Å². The number of para-hydroxylation sites is 2. The Balaban J connectivity index is 0.000000115. The SMILES string of the molecule is c1ccc2c(c1)[nH]c1cnccc12.c1ccc2c(c1)[nH]c1cnccc12. The van der Waals surface area contributed by atoms with Crippen molar-refractivity contribution in [2.45, 2.75) is 0 Å². The van der Waals surface area contributed by atoms with Crippen LogP contribution in [-0.4, -0.2) is 19.9 Å². The van der Waals surface area contributed by atoms with Crippen LogP contribution in [0, 0.1) is 0 Å². The zero-order valence-corrected chi connectivity index (χ0v) is 14.0. The second-order valence-electron chi connectivity index (χ2n) is 6.18. The Morgan fingerprint density at radius 2 is 0.885 bits per heavy atom. The average Bonchev–Trinajstić information content (AvgIpc) is 3.27. The summed E-state index contributed by atoms with van der Waals surface area (Å²) < 4.78 is 0. The van der Waals surface area contributed by atoms with Crippen LogP contribution < -0.4 is 0 Å². The predicted molar refractivity (Wildman–Crippen MR) is 107 cm³/mol. The van der Waals surface area contributed by atoms with E-state index in [1.54, 1.807) is 0 Å². The Morgan fingerprint density at radius 1 is 0.462 bits per heavy atom. The number of hydrogen-bond acceptors (Lipinski definition) is 2. The Hall–Kier alpha value is -3.66. The molecule has 124 valence electrons. The lowest BCUT2D eigenvalue weighted by atomic mass is 10.2. The normalized spacial score (nSPS) is 11.1. The molecule has 26 heavy (non-hydrogen) atoms. The van der Waals surface area contributed by atoms with Crippen molar-refractivity contribution in [1.29, 1.82) is 0 Å². The van der Waals surface area contributed by atoms with Gasteiger partial charge in [-0.2, -0.15) is 0 Å². The Morgan fingerprint density at radius 3 is 1.38 bits per heavy atom. The molecule has 0 bridgehead atoms. The third-order valence-corrected chi connectivity index (χ3v) is 4.62. The first kappa shape index (κ1) is 14.7. The van der Waals surface area contributed by atoms with Crippen LogP contribution in [0.5, 0.6) is 0 Å². The molecule has 2 N–H and O–H groups in total. The van der Waals surface area contributed by atoms with Crippen LogP contribution >= 0.6 is 0 Å². The van der Waals surface area contributed by atoms with E-state index in [9.17, 15) is 0 Å². The molecule has 0 aliphatic heterocycles. The Bertz CT molecular complexity index is 1140. The molecule has 6 aromatic rings. The molecule has 0 saturated carbocycles. The quantitative estimate of drug-likeness (QED) is 0.388. The van der Waals surface area contributed by atoms with E-state index in [1.807, 2.05) is 49.1 Å². The van der Waals surface area contributed by atoms with Gasteiger partial charge in [-0.05, 0) is 24.3 Å². The molecule has 4 aromatic heterocycles. The molecular weight excluding hydrogens is 320 g/mol. The fourth-order valence-electron chi connectivity index (χ4n) is 3.40. The summed E-state index contributed by atoms with van der Waals surface area (Å²) in [6.07, 6.45) is 7.36. The minimum atomic E-state index is 1.10. The summed E-state index contributed by atoms with van der Waals surface area (Å²) in [4.78, 5) is 14.8. The van der Waals surface area contributed by atoms with E-state index in [4.69, 9.17) is 0 Å². The van der Waals surface area contributed by atoms with Gasteiger partial charge in [0.2, 0.25) is 0 Å². The molecule has 0 radical (unpaired) electrons. The summed E-state index contributed by atoms with van der Waals surface area (Å²) in [6.45, 7) is 0. The van der Waals surface area contributed by atoms with Crippen molar-refractivity contribution in [3.8, 4) is 0 Å². The third-order valence-electron chi connectivity index (χ3n) is 4.62. The smallest absolute Gasteiger partial charge is 0.0651 e. The number of fused-ring (bicyclic) bond motifs is 6. The van der Waals surface area contributed by atoms with E-state index in [0.717, 1.165) is 11.0 Å². The summed E-state index contributed by atoms with van der Waals surface area (Å²) in [7, 11) is 0. The topological polar surface area (TPSA) is 57.4 Å². The van der Waals surface area contributed by atoms with Crippen molar-refractivity contribution < 1.29 is 0 Å². The number of rotatable bonds is 0. The Labute approximate surface area is 149 Å². The van der Waals surface area contributed by atoms with Crippen LogP contribution in [0.3, 0.4) is 0 Å². The number of H-pyrrole nitrogens is 2. The van der Waals surface area contributed by atoms with Crippen LogP contribution in [0.2, 0.25) is 0 Å². The van der Waals surface area contributed by atoms with Gasteiger partial charge in [0.25, 0.3) is 0 Å². The fraction of sp³-hybridized carbons (Fsp3) is 0. The first-order valence-corrected chi connectivity index (χ1v) is 8.51. The molecule has 2 aromatic carbocycles. The highest BCUT2D eigenvalue weighted by Crippen LogP contribution is 2.24. The molecule has 4 heteroatoms. The van der Waals surface area contributed by atoms with Crippen molar-refractivity contribution in [2.75, 3.05) is 0 Å². The average molecular weight is 336 g/mol. The molecule has 0 unspecified atom stereocenters. The lowest BCUT2D eigenvalue weighted by molar-refractivity contribution is 1.35. The monoisotopic (exact) mass is 336 g/mol. The Kier molecular flexibility index (Phi) is 3.39. The van der Waals surface area contributed by atoms with Crippen LogP contribution in [0.4, 0.5) is 0 Å². The van der Waals surface area contributed by atoms with Crippen LogP contribution in [0.1, 0.15) is 0 Å². The summed E-state index contributed by atoms with van der Waals surface area (Å²) >= 11 is 0. The lowest BCUT2D eigenvalue weighted by Crippen LogP contribution is -1.68. The van der Waals surface area contributed by atoms with E-state index >= 15 is 0 Å². The number of aromatic nitrogens is 4. The number of hydrogen-bond donors (Lipinski definition) is 2. The lowest BCUT2D eigenvalue weighted by Gasteiger charge is -1.87. The summed E-state index contributed by atoms with van der Waals surface area (Å²) in [5.74, 6) is 0. The van der Waals surface area contributed by atoms with Crippen LogP contribution in [0.15, 0.2) is 85.5 Å². The second-order valence-corrected chi connectivity index (χ2v) is 6.18. The first-order valence-electron chi connectivity index (χ1n) is 8.51. The standard InChI is InChI=1S/2C11H8N2/c2*1-2-4-10-8(3-1)9-5-6-12-7-11(9)13-10/h2*1-7,13H. The molecule has 0 amide bonds. The largest absolute Gasteiger partial charge is 0.353 e. The summed E-state index contributed by atoms with van der Waals surface area (Å²) in [6, 6.07) is 20.6. The van der Waals surface area contributed by atoms with Crippen molar-refractivity contribution in [3.05, 3.63) is 85.5 Å². The van der Waals surface area contributed by atoms with Gasteiger partial charge in [-0.1, -0.05) is 36.4 Å². The number of aromatic amines is 2. The van der Waals surface area contributed by atoms with Gasteiger partial charge >= 0.3 is 0 Å². The number of nitrogens with one attached hydrogen (secondary N) is 2. The fourth-order valence-corrected chi connectivity index (χ4v) is 3.40. The van der Waals surface area contributed by atoms with Crippen molar-refractivity contribution in [3.63, 3.8) is 0 Å². The van der Waals surface area contributed by atoms with Gasteiger partial charge in [0.05, 0.1) is 23.4 Å². The van der Waals surface area contributed by atoms with Gasteiger partial charge in [-0.25, -0.2) is 0 Å². The van der Waals surface area contributed by atoms with Crippen molar-refractivity contribution in [1.82, 2.24) is 19.9 Å². The molecule has 0 fully saturated rings. The van der Waals surface area contributed by atoms with Gasteiger partial charge < -0.3 is 9.97 Å². The van der Waals surface area contributed by atoms with E-state index in [2.05, 4.69) is 56.3 Å². The zero-order chi connectivity index (χ0) is 17.3. The molecule has 6 rings (SSSR count). The van der Waals surface area contributed by atoms with Crippen LogP contribution in [0.25, 0.3) is 43.6 Å². The van der Waals surface area contributed by atoms with Crippen molar-refractivity contribution in [2.24, 2.45) is 0 Å². The molecule has 0 spiro atoms. The number of benzene rings is 2. The molecule has 0 saturated heterocycles. The molecule has 4 nitrogen and oxygen atoms in total. The molecular formula is C22H16N4. The summed E-state index contributed by atoms with van der Waals surface area (Å²) in [5, 5.41) is 5.01. The molecule has 0 atom stereocenters. The minimum absolute atomic E-state index is 1.10. The molecule has 4 heterocycles. The van der Waals surface area contributed by atoms with Gasteiger partial charge in [0.1, 0.15) is 0 Å². The maximum Gasteiger partial charge on any atom is 0.0651 e. The van der Waals surface area contributed by atoms with E-state index in [-0.39, 0.29) is 0 Å². The van der Waals surface area contributed by atoms with Gasteiger partial charge in [-0.15, -0.1) is 0 Å². The van der Waals surface area contributed by atoms with Gasteiger partial charge in [0, 0.05) is 45.0 Å². The minimum Gasteiger partial charge on any atom is -0.353 e. The van der Waals surface area contributed by atoms with E-state index in [0.29, 0.717) is 0 Å². The second kappa shape index (κ2) is 6.01. The van der Waals surface area contributed by atoms with Crippen LogP contribution in [-0.2, 0) is 0 Å². The first-order chi connectivity index (χ1) is 12.9. The van der Waals surface area contributed by atoms with Gasteiger partial charge in [-0.3, -0.25) is 9.97 Å². The number of pyridine rings is 2. The predicted octanol–water partition coefficient (Wildman–Crippen LogP) is 5.43. The highest BCUT2D eigenvalue weighted by molar-refractivity contribution is 6.07.